The highest BCUT2D eigenvalue weighted by Gasteiger charge is 2.59. The van der Waals surface area contributed by atoms with Crippen molar-refractivity contribution in [3.05, 3.63) is 269 Å². The molecule has 0 aliphatic heterocycles. The Bertz CT molecular complexity index is 5010. The van der Waals surface area contributed by atoms with Gasteiger partial charge in [0.1, 0.15) is 5.60 Å². The van der Waals surface area contributed by atoms with E-state index in [1.807, 2.05) is 50.4 Å². The molecule has 0 spiro atoms. The van der Waals surface area contributed by atoms with Gasteiger partial charge in [-0.2, -0.15) is 13.2 Å². The lowest BCUT2D eigenvalue weighted by molar-refractivity contribution is -0.247. The minimum atomic E-state index is -4.92. The van der Waals surface area contributed by atoms with Crippen LogP contribution in [0.2, 0.25) is 0 Å². The number of rotatable bonds is 30. The van der Waals surface area contributed by atoms with Gasteiger partial charge in [-0.1, -0.05) is 241 Å². The summed E-state index contributed by atoms with van der Waals surface area (Å²) in [5.41, 5.74) is -0.920. The van der Waals surface area contributed by atoms with E-state index in [1.54, 1.807) is 157 Å². The Morgan fingerprint density at radius 2 is 0.652 bits per heavy atom. The highest BCUT2D eigenvalue weighted by atomic mass is 32.1. The molecule has 5 nitrogen and oxygen atoms in total. The van der Waals surface area contributed by atoms with E-state index < -0.39 is 34.2 Å². The molecule has 2 saturated carbocycles. The van der Waals surface area contributed by atoms with Gasteiger partial charge in [-0.3, -0.25) is 0 Å². The Morgan fingerprint density at radius 1 is 0.330 bits per heavy atom. The topological polar surface area (TPSA) is 101 Å². The first kappa shape index (κ1) is 91.3. The lowest BCUT2D eigenvalue weighted by atomic mass is 9.66. The molecule has 5 atom stereocenters. The van der Waals surface area contributed by atoms with Crippen LogP contribution in [0.15, 0.2) is 230 Å². The predicted octanol–water partition coefficient (Wildman–Crippen LogP) is 32.5. The minimum absolute atomic E-state index is 0. The third-order valence-electron chi connectivity index (χ3n) is 22.4. The van der Waals surface area contributed by atoms with E-state index >= 15 is 0 Å². The molecule has 18 heteroatoms. The number of unbranched alkanes of at least 4 members (excludes halogenated alkanes) is 12. The minimum Gasteiger partial charge on any atom is -0.385 e. The first-order chi connectivity index (χ1) is 54.7. The fourth-order valence-electron chi connectivity index (χ4n) is 15.6. The third-order valence-corrected chi connectivity index (χ3v) is 32.3. The maximum Gasteiger partial charge on any atom is 0.425 e. The molecule has 10 heterocycles. The number of halogens is 3. The number of benzene rings is 4. The van der Waals surface area contributed by atoms with Crippen molar-refractivity contribution in [2.75, 3.05) is 0 Å². The zero-order valence-corrected chi connectivity index (χ0v) is 73.3. The Morgan fingerprint density at radius 3 is 1.01 bits per heavy atom. The highest BCUT2D eigenvalue weighted by molar-refractivity contribution is 7.22. The highest BCUT2D eigenvalue weighted by Crippen LogP contribution is 2.55. The summed E-state index contributed by atoms with van der Waals surface area (Å²) in [6.45, 7) is 10.4. The average molecular weight is 1740 g/mol. The molecule has 2 fully saturated rings. The zero-order valence-electron chi connectivity index (χ0n) is 65.2. The van der Waals surface area contributed by atoms with Crippen molar-refractivity contribution in [2.45, 2.75) is 225 Å². The normalized spacial score (nSPS) is 15.5. The van der Waals surface area contributed by atoms with Gasteiger partial charge in [0.25, 0.3) is 0 Å². The summed E-state index contributed by atoms with van der Waals surface area (Å²) in [6.07, 6.45) is 21.8. The molecule has 5 N–H and O–H groups in total. The number of fused-ring (bicyclic) bond motifs is 2. The smallest absolute Gasteiger partial charge is 0.385 e. The summed E-state index contributed by atoms with van der Waals surface area (Å²) < 4.78 is 44.4. The average Bonchev–Trinajstić information content (AvgIpc) is 1.67. The van der Waals surface area contributed by atoms with Crippen molar-refractivity contribution in [1.82, 2.24) is 0 Å². The predicted molar refractivity (Wildman–Crippen MR) is 500 cm³/mol. The molecule has 16 rings (SSSR count). The van der Waals surface area contributed by atoms with Crippen molar-refractivity contribution in [2.24, 2.45) is 11.8 Å². The molecule has 0 amide bonds. The van der Waals surface area contributed by atoms with E-state index in [-0.39, 0.29) is 26.0 Å². The van der Waals surface area contributed by atoms with E-state index in [4.69, 9.17) is 0 Å². The molecule has 612 valence electrons. The Labute approximate surface area is 721 Å². The molecule has 0 bridgehead atoms. The number of hydrogen-bond acceptors (Lipinski definition) is 15. The van der Waals surface area contributed by atoms with Crippen LogP contribution >= 0.6 is 113 Å². The Kier molecular flexibility index (Phi) is 34.0. The van der Waals surface area contributed by atoms with Gasteiger partial charge in [-0.25, -0.2) is 0 Å². The summed E-state index contributed by atoms with van der Waals surface area (Å²) in [5.74, 6) is 0.763. The fourth-order valence-corrected chi connectivity index (χ4v) is 25.0. The summed E-state index contributed by atoms with van der Waals surface area (Å²) in [6, 6.07) is 56.1. The molecular formula is C97H113F3O5S10. The van der Waals surface area contributed by atoms with Crippen LogP contribution in [0.25, 0.3) is 70.3 Å². The van der Waals surface area contributed by atoms with Crippen LogP contribution in [0, 0.1) is 11.8 Å². The van der Waals surface area contributed by atoms with E-state index in [0.717, 1.165) is 79.2 Å². The Balaban J connectivity index is 0.000000153. The van der Waals surface area contributed by atoms with Gasteiger partial charge in [0.2, 0.25) is 5.60 Å². The van der Waals surface area contributed by atoms with Crippen LogP contribution in [-0.2, 0) is 28.0 Å². The van der Waals surface area contributed by atoms with Crippen molar-refractivity contribution in [3.63, 3.8) is 0 Å². The first-order valence-electron chi connectivity index (χ1n) is 39.9. The lowest BCUT2D eigenvalue weighted by Gasteiger charge is -2.42. The van der Waals surface area contributed by atoms with Crippen LogP contribution in [0.1, 0.15) is 230 Å². The first-order valence-corrected chi connectivity index (χ1v) is 48.7. The van der Waals surface area contributed by atoms with Gasteiger partial charge in [0.15, 0.2) is 0 Å². The van der Waals surface area contributed by atoms with E-state index in [1.165, 1.54) is 158 Å². The van der Waals surface area contributed by atoms with Gasteiger partial charge in [-0.15, -0.1) is 113 Å². The SMILES string of the molecule is C.C.CC(O)(c1ccsc1-c1cccs1)C1CCC1.CCCCCCCCC(C)(O)c1ccsc1-c1cccs1.CCCCCCCCCCC(C)(O)c1ccsc1-c1cccs1.OC(c1ccccc1)(c1ccsc1-c1cccs1)C1CCC1.OC(c1ccsc1-c1cccs1)(c1c2ccccc2cc2ccccc12)C(F)(F)F. The molecule has 0 radical (unpaired) electrons. The summed E-state index contributed by atoms with van der Waals surface area (Å²) >= 11 is 16.5. The molecule has 2 aliphatic rings. The van der Waals surface area contributed by atoms with Crippen LogP contribution in [0.4, 0.5) is 13.2 Å². The zero-order chi connectivity index (χ0) is 79.5. The van der Waals surface area contributed by atoms with Crippen LogP contribution in [0.3, 0.4) is 0 Å². The van der Waals surface area contributed by atoms with Gasteiger partial charge in [0.05, 0.1) is 41.2 Å². The standard InChI is InChI=1S/C24H15F3OS2.C20H30OS2.C19H18OS2.C18H26OS2.C14H16OS2.2CH4/c25-24(26,27)23(28,19-11-13-30-22(19)20-10-5-12-29-20)21-17-8-3-1-6-15(17)14-16-7-2-4-9-18(16)21;1-3-4-5-6-7-8-9-10-14-20(2,21)17-13-16-23-19(17)18-12-11-15-22-18;20-19(15-8-4-9-15,14-6-2-1-3-7-14)16-11-13-22-18(16)17-10-5-12-21-17;1-3-4-5-6-7-8-12-18(2,19)15-11-14-21-17(15)16-10-9-13-20-16;1-14(15,10-4-2-5-10)11-7-9-17-13(11)12-6-3-8-16-12;;/h1-14,28H;11-13,15-16,21H,3-10,14H2,1-2H3;1-3,5-7,10-13,15,20H,4,8-9H2;9-11,13-14,19H,3-8,12H2,1-2H3;3,6-10,15H,2,4-5H2,1H3;2*1H4. The number of hydrogen-bond donors (Lipinski definition) is 5. The van der Waals surface area contributed by atoms with Crippen LogP contribution in [-0.4, -0.2) is 31.7 Å². The van der Waals surface area contributed by atoms with Gasteiger partial charge >= 0.3 is 6.18 Å². The van der Waals surface area contributed by atoms with Gasteiger partial charge in [0, 0.05) is 57.8 Å². The van der Waals surface area contributed by atoms with E-state index in [0.29, 0.717) is 43.1 Å². The van der Waals surface area contributed by atoms with Crippen LogP contribution in [0.5, 0.6) is 0 Å². The van der Waals surface area contributed by atoms with Crippen molar-refractivity contribution >= 4 is 135 Å². The molecule has 2 aliphatic carbocycles. The second-order valence-electron chi connectivity index (χ2n) is 30.4. The summed E-state index contributed by atoms with van der Waals surface area (Å²) in [7, 11) is 0. The monoisotopic (exact) mass is 1730 g/mol. The summed E-state index contributed by atoms with van der Waals surface area (Å²) in [4.78, 5) is 11.1. The molecular weight excluding hydrogens is 1620 g/mol. The summed E-state index contributed by atoms with van der Waals surface area (Å²) in [5, 5.41) is 78.3. The van der Waals surface area contributed by atoms with Crippen molar-refractivity contribution in [3.8, 4) is 48.8 Å². The number of alkyl halides is 3. The Hall–Kier alpha value is -6.01. The molecule has 10 aromatic heterocycles. The second kappa shape index (κ2) is 42.8. The van der Waals surface area contributed by atoms with Crippen molar-refractivity contribution in [1.29, 1.82) is 0 Å². The molecule has 14 aromatic rings. The lowest BCUT2D eigenvalue weighted by Crippen LogP contribution is -2.43. The van der Waals surface area contributed by atoms with Crippen LogP contribution < -0.4 is 0 Å². The van der Waals surface area contributed by atoms with E-state index in [9.17, 15) is 38.7 Å². The number of thiophene rings is 10. The molecule has 5 unspecified atom stereocenters. The van der Waals surface area contributed by atoms with Gasteiger partial charge in [-0.05, 0) is 219 Å². The maximum atomic E-state index is 14.8. The largest absolute Gasteiger partial charge is 0.425 e. The third kappa shape index (κ3) is 21.8. The number of aliphatic hydroxyl groups is 5. The van der Waals surface area contributed by atoms with Crippen molar-refractivity contribution < 1.29 is 38.7 Å². The molecule has 115 heavy (non-hydrogen) atoms. The fraction of sp³-hybridized carbons (Fsp3) is 0.381. The molecule has 4 aromatic carbocycles. The quantitative estimate of drug-likeness (QED) is 0.0228. The van der Waals surface area contributed by atoms with Gasteiger partial charge < -0.3 is 25.5 Å². The van der Waals surface area contributed by atoms with E-state index in [2.05, 4.69) is 142 Å². The second-order valence-corrected chi connectivity index (χ2v) is 39.8. The molecule has 0 saturated heterocycles. The maximum absolute atomic E-state index is 14.8.